The Labute approximate surface area is 161 Å². The van der Waals surface area contributed by atoms with Crippen molar-refractivity contribution in [3.8, 4) is 22.4 Å². The Morgan fingerprint density at radius 1 is 0.821 bits per heavy atom. The number of halogens is 2. The molecule has 0 saturated heterocycles. The van der Waals surface area contributed by atoms with E-state index in [1.54, 1.807) is 24.3 Å². The van der Waals surface area contributed by atoms with Crippen LogP contribution in [0.5, 0.6) is 0 Å². The number of benzene rings is 3. The van der Waals surface area contributed by atoms with Crippen molar-refractivity contribution in [2.75, 3.05) is 0 Å². The quantitative estimate of drug-likeness (QED) is 0.391. The van der Waals surface area contributed by atoms with Crippen LogP contribution in [0.4, 0.5) is 8.78 Å². The maximum atomic E-state index is 13.4. The molecule has 1 heterocycles. The smallest absolute Gasteiger partial charge is 0.160 e. The van der Waals surface area contributed by atoms with Crippen LogP contribution in [0.1, 0.15) is 22.8 Å². The largest absolute Gasteiger partial charge is 0.294 e. The molecule has 0 aliphatic rings. The first-order valence-corrected chi connectivity index (χ1v) is 8.90. The van der Waals surface area contributed by atoms with Gasteiger partial charge in [-0.3, -0.25) is 4.79 Å². The fourth-order valence-electron chi connectivity index (χ4n) is 3.38. The molecule has 28 heavy (non-hydrogen) atoms. The number of carbonyl (C=O) groups is 1. The molecule has 0 N–H and O–H groups in total. The van der Waals surface area contributed by atoms with Crippen LogP contribution in [0.15, 0.2) is 66.7 Å². The summed E-state index contributed by atoms with van der Waals surface area (Å²) in [7, 11) is 0. The highest BCUT2D eigenvalue weighted by molar-refractivity contribution is 6.08. The second-order valence-electron chi connectivity index (χ2n) is 6.83. The SMILES string of the molecule is CC(=O)c1cc(C)cc2nc(-c3ccc(F)cc3)c(-c3ccc(F)cc3)cc12. The molecule has 0 bridgehead atoms. The first-order chi connectivity index (χ1) is 13.4. The molecule has 2 nitrogen and oxygen atoms in total. The molecule has 0 aliphatic heterocycles. The van der Waals surface area contributed by atoms with Gasteiger partial charge >= 0.3 is 0 Å². The Morgan fingerprint density at radius 2 is 1.39 bits per heavy atom. The minimum Gasteiger partial charge on any atom is -0.294 e. The van der Waals surface area contributed by atoms with E-state index in [1.807, 2.05) is 25.1 Å². The molecular formula is C24H17F2NO. The van der Waals surface area contributed by atoms with Gasteiger partial charge in [-0.15, -0.1) is 0 Å². The summed E-state index contributed by atoms with van der Waals surface area (Å²) in [5, 5.41) is 0.739. The Morgan fingerprint density at radius 3 is 1.96 bits per heavy atom. The van der Waals surface area contributed by atoms with Crippen LogP contribution in [0.2, 0.25) is 0 Å². The summed E-state index contributed by atoms with van der Waals surface area (Å²) in [5.74, 6) is -0.710. The van der Waals surface area contributed by atoms with Gasteiger partial charge in [0.25, 0.3) is 0 Å². The van der Waals surface area contributed by atoms with Crippen molar-refractivity contribution < 1.29 is 13.6 Å². The van der Waals surface area contributed by atoms with Gasteiger partial charge in [-0.1, -0.05) is 12.1 Å². The maximum Gasteiger partial charge on any atom is 0.160 e. The number of fused-ring (bicyclic) bond motifs is 1. The van der Waals surface area contributed by atoms with Crippen molar-refractivity contribution in [2.24, 2.45) is 0 Å². The number of rotatable bonds is 3. The molecule has 0 saturated carbocycles. The van der Waals surface area contributed by atoms with E-state index in [9.17, 15) is 13.6 Å². The fourth-order valence-corrected chi connectivity index (χ4v) is 3.38. The number of aryl methyl sites for hydroxylation is 1. The highest BCUT2D eigenvalue weighted by Crippen LogP contribution is 2.35. The molecule has 0 spiro atoms. The standard InChI is InChI=1S/C24H17F2NO/c1-14-11-20(15(2)28)22-13-21(16-3-7-18(25)8-4-16)24(27-23(22)12-14)17-5-9-19(26)10-6-17/h3-13H,1-2H3. The molecule has 0 radical (unpaired) electrons. The Hall–Kier alpha value is -3.40. The molecule has 138 valence electrons. The average Bonchev–Trinajstić information content (AvgIpc) is 2.67. The predicted octanol–water partition coefficient (Wildman–Crippen LogP) is 6.36. The van der Waals surface area contributed by atoms with E-state index in [0.717, 1.165) is 27.6 Å². The second-order valence-corrected chi connectivity index (χ2v) is 6.83. The van der Waals surface area contributed by atoms with Gasteiger partial charge in [-0.2, -0.15) is 0 Å². The minimum absolute atomic E-state index is 0.0462. The molecule has 4 heteroatoms. The van der Waals surface area contributed by atoms with E-state index >= 15 is 0 Å². The van der Waals surface area contributed by atoms with Crippen molar-refractivity contribution in [1.82, 2.24) is 4.98 Å². The molecule has 4 aromatic rings. The predicted molar refractivity (Wildman–Crippen MR) is 107 cm³/mol. The topological polar surface area (TPSA) is 30.0 Å². The van der Waals surface area contributed by atoms with Gasteiger partial charge in [0.2, 0.25) is 0 Å². The number of aromatic nitrogens is 1. The molecule has 1 aromatic heterocycles. The van der Waals surface area contributed by atoms with Gasteiger partial charge in [0, 0.05) is 22.1 Å². The van der Waals surface area contributed by atoms with Crippen LogP contribution in [-0.2, 0) is 0 Å². The van der Waals surface area contributed by atoms with Gasteiger partial charge < -0.3 is 0 Å². The third-order valence-electron chi connectivity index (χ3n) is 4.73. The Balaban J connectivity index is 2.07. The van der Waals surface area contributed by atoms with Crippen LogP contribution >= 0.6 is 0 Å². The Bertz CT molecular complexity index is 1200. The summed E-state index contributed by atoms with van der Waals surface area (Å²) >= 11 is 0. The average molecular weight is 373 g/mol. The first-order valence-electron chi connectivity index (χ1n) is 8.90. The van der Waals surface area contributed by atoms with E-state index in [1.165, 1.54) is 31.2 Å². The van der Waals surface area contributed by atoms with Crippen molar-refractivity contribution >= 4 is 16.7 Å². The van der Waals surface area contributed by atoms with Gasteiger partial charge in [-0.25, -0.2) is 13.8 Å². The summed E-state index contributed by atoms with van der Waals surface area (Å²) < 4.78 is 26.9. The maximum absolute atomic E-state index is 13.4. The number of carbonyl (C=O) groups excluding carboxylic acids is 1. The van der Waals surface area contributed by atoms with E-state index in [0.29, 0.717) is 16.8 Å². The zero-order valence-corrected chi connectivity index (χ0v) is 15.5. The Kier molecular flexibility index (Phi) is 4.47. The first kappa shape index (κ1) is 18.0. The summed E-state index contributed by atoms with van der Waals surface area (Å²) in [6.45, 7) is 3.44. The monoisotopic (exact) mass is 373 g/mol. The van der Waals surface area contributed by atoms with Crippen LogP contribution in [0.3, 0.4) is 0 Å². The van der Waals surface area contributed by atoms with E-state index in [2.05, 4.69) is 0 Å². The summed E-state index contributed by atoms with van der Waals surface area (Å²) in [4.78, 5) is 17.0. The fraction of sp³-hybridized carbons (Fsp3) is 0.0833. The molecule has 0 aliphatic carbocycles. The molecule has 4 rings (SSSR count). The minimum atomic E-state index is -0.333. The zero-order chi connectivity index (χ0) is 19.8. The van der Waals surface area contributed by atoms with Crippen LogP contribution in [0.25, 0.3) is 33.3 Å². The molecule has 0 fully saturated rings. The van der Waals surface area contributed by atoms with Crippen LogP contribution in [-0.4, -0.2) is 10.8 Å². The number of ketones is 1. The second kappa shape index (κ2) is 6.97. The lowest BCUT2D eigenvalue weighted by Gasteiger charge is -2.14. The number of pyridine rings is 1. The van der Waals surface area contributed by atoms with Gasteiger partial charge in [-0.05, 0) is 79.6 Å². The van der Waals surface area contributed by atoms with E-state index in [4.69, 9.17) is 4.98 Å². The number of hydrogen-bond donors (Lipinski definition) is 0. The van der Waals surface area contributed by atoms with Crippen molar-refractivity contribution in [3.63, 3.8) is 0 Å². The summed E-state index contributed by atoms with van der Waals surface area (Å²) in [6.07, 6.45) is 0. The summed E-state index contributed by atoms with van der Waals surface area (Å²) in [5.41, 5.74) is 5.14. The lowest BCUT2D eigenvalue weighted by atomic mass is 9.94. The van der Waals surface area contributed by atoms with Gasteiger partial charge in [0.05, 0.1) is 11.2 Å². The van der Waals surface area contributed by atoms with Crippen molar-refractivity contribution in [2.45, 2.75) is 13.8 Å². The van der Waals surface area contributed by atoms with E-state index < -0.39 is 0 Å². The molecule has 0 unspecified atom stereocenters. The molecular weight excluding hydrogens is 356 g/mol. The third kappa shape index (κ3) is 3.29. The molecule has 3 aromatic carbocycles. The molecule has 0 amide bonds. The lowest BCUT2D eigenvalue weighted by Crippen LogP contribution is -1.99. The van der Waals surface area contributed by atoms with Gasteiger partial charge in [0.1, 0.15) is 11.6 Å². The number of Topliss-reactive ketones (excluding diaryl/α,β-unsaturated/α-hetero) is 1. The van der Waals surface area contributed by atoms with Crippen LogP contribution in [0, 0.1) is 18.6 Å². The highest BCUT2D eigenvalue weighted by atomic mass is 19.1. The highest BCUT2D eigenvalue weighted by Gasteiger charge is 2.15. The van der Waals surface area contributed by atoms with Crippen molar-refractivity contribution in [3.05, 3.63) is 89.5 Å². The lowest BCUT2D eigenvalue weighted by molar-refractivity contribution is 0.101. The van der Waals surface area contributed by atoms with Crippen LogP contribution < -0.4 is 0 Å². The van der Waals surface area contributed by atoms with Gasteiger partial charge in [0.15, 0.2) is 5.78 Å². The zero-order valence-electron chi connectivity index (χ0n) is 15.5. The third-order valence-corrected chi connectivity index (χ3v) is 4.73. The summed E-state index contributed by atoms with van der Waals surface area (Å²) in [6, 6.07) is 17.9. The number of hydrogen-bond acceptors (Lipinski definition) is 2. The van der Waals surface area contributed by atoms with Crippen molar-refractivity contribution in [1.29, 1.82) is 0 Å². The number of nitrogens with zero attached hydrogens (tertiary/aromatic N) is 1. The molecule has 0 atom stereocenters. The van der Waals surface area contributed by atoms with E-state index in [-0.39, 0.29) is 17.4 Å². The normalized spacial score (nSPS) is 11.0.